The summed E-state index contributed by atoms with van der Waals surface area (Å²) in [6.45, 7) is 0.252. The average molecular weight is 346 g/mol. The summed E-state index contributed by atoms with van der Waals surface area (Å²) in [4.78, 5) is 0. The fourth-order valence-corrected chi connectivity index (χ4v) is 3.64. The second-order valence-corrected chi connectivity index (χ2v) is 6.43. The van der Waals surface area contributed by atoms with Crippen LogP contribution in [0, 0.1) is 0 Å². The Morgan fingerprint density at radius 3 is 2.90 bits per heavy atom. The molecule has 1 aliphatic rings. The zero-order valence-corrected chi connectivity index (χ0v) is 13.6. The minimum Gasteiger partial charge on any atom is -0.396 e. The molecule has 1 aliphatic carbocycles. The van der Waals surface area contributed by atoms with Gasteiger partial charge in [0.2, 0.25) is 0 Å². The number of anilines is 1. The van der Waals surface area contributed by atoms with Crippen LogP contribution < -0.4 is 5.32 Å². The van der Waals surface area contributed by atoms with Gasteiger partial charge in [0.25, 0.3) is 0 Å². The molecule has 0 bridgehead atoms. The quantitative estimate of drug-likeness (QED) is 0.837. The largest absolute Gasteiger partial charge is 0.396 e. The van der Waals surface area contributed by atoms with Gasteiger partial charge in [-0.25, -0.2) is 0 Å². The van der Waals surface area contributed by atoms with E-state index in [4.69, 9.17) is 5.11 Å². The number of nitrogens with one attached hydrogen (secondary N) is 1. The number of aliphatic hydroxyl groups is 1. The number of fused-ring (bicyclic) bond motifs is 1. The minimum absolute atomic E-state index is 0.252. The fourth-order valence-electron chi connectivity index (χ4n) is 3.06. The maximum atomic E-state index is 8.94. The van der Waals surface area contributed by atoms with Gasteiger partial charge in [0.15, 0.2) is 0 Å². The van der Waals surface area contributed by atoms with Crippen molar-refractivity contribution in [1.82, 2.24) is 0 Å². The van der Waals surface area contributed by atoms with Crippen molar-refractivity contribution in [2.24, 2.45) is 0 Å². The van der Waals surface area contributed by atoms with E-state index < -0.39 is 0 Å². The molecule has 2 nitrogen and oxygen atoms in total. The monoisotopic (exact) mass is 345 g/mol. The molecule has 3 rings (SSSR count). The highest BCUT2D eigenvalue weighted by Crippen LogP contribution is 2.37. The highest BCUT2D eigenvalue weighted by molar-refractivity contribution is 9.10. The molecular formula is C18H20BrNO. The van der Waals surface area contributed by atoms with Crippen molar-refractivity contribution in [3.63, 3.8) is 0 Å². The van der Waals surface area contributed by atoms with Crippen LogP contribution in [0.2, 0.25) is 0 Å². The Balaban J connectivity index is 1.75. The van der Waals surface area contributed by atoms with Gasteiger partial charge in [-0.15, -0.1) is 0 Å². The number of aryl methyl sites for hydroxylation is 1. The van der Waals surface area contributed by atoms with Crippen LogP contribution in [0.15, 0.2) is 46.9 Å². The van der Waals surface area contributed by atoms with Crippen LogP contribution in [0.25, 0.3) is 0 Å². The Kier molecular flexibility index (Phi) is 4.61. The first kappa shape index (κ1) is 14.6. The smallest absolute Gasteiger partial charge is 0.0520 e. The maximum Gasteiger partial charge on any atom is 0.0520 e. The molecule has 0 amide bonds. The Morgan fingerprint density at radius 1 is 1.19 bits per heavy atom. The van der Waals surface area contributed by atoms with E-state index in [1.807, 2.05) is 0 Å². The van der Waals surface area contributed by atoms with Gasteiger partial charge in [0.1, 0.15) is 0 Å². The molecule has 2 aromatic rings. The van der Waals surface area contributed by atoms with Crippen LogP contribution in [-0.4, -0.2) is 11.7 Å². The van der Waals surface area contributed by atoms with Crippen molar-refractivity contribution in [2.75, 3.05) is 11.9 Å². The molecule has 2 aromatic carbocycles. The number of aliphatic hydroxyl groups excluding tert-OH is 1. The molecule has 1 unspecified atom stereocenters. The molecule has 1 atom stereocenters. The lowest BCUT2D eigenvalue weighted by atomic mass is 10.1. The number of hydrogen-bond acceptors (Lipinski definition) is 2. The van der Waals surface area contributed by atoms with Crippen LogP contribution in [0.1, 0.15) is 35.6 Å². The Bertz CT molecular complexity index is 626. The Hall–Kier alpha value is -1.32. The second kappa shape index (κ2) is 6.63. The van der Waals surface area contributed by atoms with E-state index in [1.54, 1.807) is 0 Å². The molecule has 0 fully saturated rings. The van der Waals surface area contributed by atoms with Gasteiger partial charge < -0.3 is 10.4 Å². The molecular weight excluding hydrogens is 326 g/mol. The lowest BCUT2D eigenvalue weighted by Gasteiger charge is -2.16. The molecule has 0 aromatic heterocycles. The number of halogens is 1. The maximum absolute atomic E-state index is 8.94. The summed E-state index contributed by atoms with van der Waals surface area (Å²) >= 11 is 3.65. The van der Waals surface area contributed by atoms with Crippen LogP contribution in [0.3, 0.4) is 0 Å². The van der Waals surface area contributed by atoms with Crippen molar-refractivity contribution >= 4 is 21.6 Å². The van der Waals surface area contributed by atoms with E-state index in [9.17, 15) is 0 Å². The van der Waals surface area contributed by atoms with E-state index in [0.29, 0.717) is 6.04 Å². The third kappa shape index (κ3) is 3.30. The van der Waals surface area contributed by atoms with Crippen LogP contribution in [-0.2, 0) is 12.8 Å². The van der Waals surface area contributed by atoms with Crippen LogP contribution in [0.4, 0.5) is 5.69 Å². The SMILES string of the molecule is OCCCc1cccc(NC2CCc3c(Br)cccc32)c1. The van der Waals surface area contributed by atoms with Crippen molar-refractivity contribution in [1.29, 1.82) is 0 Å². The molecule has 110 valence electrons. The minimum atomic E-state index is 0.252. The molecule has 0 spiro atoms. The van der Waals surface area contributed by atoms with Gasteiger partial charge >= 0.3 is 0 Å². The standard InChI is InChI=1S/C18H20BrNO/c19-17-8-2-7-16-15(17)9-10-18(16)20-14-6-1-4-13(12-14)5-3-11-21/h1-2,4,6-8,12,18,20-21H,3,5,9-11H2. The van der Waals surface area contributed by atoms with Crippen molar-refractivity contribution in [3.8, 4) is 0 Å². The molecule has 21 heavy (non-hydrogen) atoms. The average Bonchev–Trinajstić information content (AvgIpc) is 2.90. The molecule has 0 saturated heterocycles. The number of hydrogen-bond donors (Lipinski definition) is 2. The third-order valence-corrected chi connectivity index (χ3v) is 4.85. The van der Waals surface area contributed by atoms with Gasteiger partial charge in [-0.2, -0.15) is 0 Å². The predicted octanol–water partition coefficient (Wildman–Crippen LogP) is 4.47. The molecule has 0 radical (unpaired) electrons. The first-order valence-electron chi connectivity index (χ1n) is 7.51. The van der Waals surface area contributed by atoms with Gasteiger partial charge in [-0.1, -0.05) is 40.2 Å². The lowest BCUT2D eigenvalue weighted by Crippen LogP contribution is -2.07. The fraction of sp³-hybridized carbons (Fsp3) is 0.333. The third-order valence-electron chi connectivity index (χ3n) is 4.10. The first-order valence-corrected chi connectivity index (χ1v) is 8.31. The lowest BCUT2D eigenvalue weighted by molar-refractivity contribution is 0.288. The topological polar surface area (TPSA) is 32.3 Å². The van der Waals surface area contributed by atoms with Gasteiger partial charge in [-0.3, -0.25) is 0 Å². The molecule has 0 saturated carbocycles. The summed E-state index contributed by atoms with van der Waals surface area (Å²) in [5.74, 6) is 0. The molecule has 3 heteroatoms. The van der Waals surface area contributed by atoms with Gasteiger partial charge in [-0.05, 0) is 60.6 Å². The summed E-state index contributed by atoms with van der Waals surface area (Å²) in [6.07, 6.45) is 4.01. The summed E-state index contributed by atoms with van der Waals surface area (Å²) in [7, 11) is 0. The van der Waals surface area contributed by atoms with Gasteiger partial charge in [0, 0.05) is 16.8 Å². The number of benzene rings is 2. The van der Waals surface area contributed by atoms with Gasteiger partial charge in [0.05, 0.1) is 6.04 Å². The zero-order chi connectivity index (χ0) is 14.7. The van der Waals surface area contributed by atoms with Crippen LogP contribution >= 0.6 is 15.9 Å². The van der Waals surface area contributed by atoms with Crippen molar-refractivity contribution in [3.05, 3.63) is 63.6 Å². The van der Waals surface area contributed by atoms with E-state index >= 15 is 0 Å². The van der Waals surface area contributed by atoms with E-state index in [-0.39, 0.29) is 6.61 Å². The van der Waals surface area contributed by atoms with E-state index in [2.05, 4.69) is 63.7 Å². The highest BCUT2D eigenvalue weighted by Gasteiger charge is 2.23. The van der Waals surface area contributed by atoms with E-state index in [1.165, 1.54) is 26.9 Å². The second-order valence-electron chi connectivity index (χ2n) is 5.57. The number of rotatable bonds is 5. The van der Waals surface area contributed by atoms with Crippen LogP contribution in [0.5, 0.6) is 0 Å². The highest BCUT2D eigenvalue weighted by atomic mass is 79.9. The summed E-state index contributed by atoms with van der Waals surface area (Å²) in [5.41, 5.74) is 5.29. The molecule has 2 N–H and O–H groups in total. The summed E-state index contributed by atoms with van der Waals surface area (Å²) in [5, 5.41) is 12.6. The zero-order valence-electron chi connectivity index (χ0n) is 12.0. The van der Waals surface area contributed by atoms with E-state index in [0.717, 1.165) is 25.7 Å². The predicted molar refractivity (Wildman–Crippen MR) is 90.7 cm³/mol. The Labute approximate surface area is 134 Å². The summed E-state index contributed by atoms with van der Waals surface area (Å²) < 4.78 is 1.22. The van der Waals surface area contributed by atoms with Crippen molar-refractivity contribution in [2.45, 2.75) is 31.7 Å². The Morgan fingerprint density at radius 2 is 2.05 bits per heavy atom. The van der Waals surface area contributed by atoms with Crippen molar-refractivity contribution < 1.29 is 5.11 Å². The first-order chi connectivity index (χ1) is 10.3. The normalized spacial score (nSPS) is 16.8. The summed E-state index contributed by atoms with van der Waals surface area (Å²) in [6, 6.07) is 15.4. The molecule has 0 heterocycles. The molecule has 0 aliphatic heterocycles.